The highest BCUT2D eigenvalue weighted by Gasteiger charge is 2.50. The fraction of sp³-hybridized carbons (Fsp3) is 0.750. The van der Waals surface area contributed by atoms with Crippen molar-refractivity contribution in [3.05, 3.63) is 16.1 Å². The molecule has 6 heteroatoms. The number of nitriles is 1. The lowest BCUT2D eigenvalue weighted by Gasteiger charge is -2.33. The van der Waals surface area contributed by atoms with Gasteiger partial charge < -0.3 is 10.2 Å². The Labute approximate surface area is 159 Å². The number of piperidine rings is 1. The number of likely N-dealkylation sites (tertiary alicyclic amines) is 1. The summed E-state index contributed by atoms with van der Waals surface area (Å²) in [6.07, 6.45) is 12.9. The molecule has 4 rings (SSSR count). The standard InChI is InChI=1S/C20H28N4OS/c1-14-11-15(7-10-24(14)13-21)19-22-17(12-26-19)18(25)23-20(8-9-20)16-5-3-2-4-6-16/h12,14-16H,2-11H2,1H3,(H,23,25). The summed E-state index contributed by atoms with van der Waals surface area (Å²) in [7, 11) is 0. The maximum atomic E-state index is 12.8. The molecule has 1 N–H and O–H groups in total. The maximum absolute atomic E-state index is 12.8. The van der Waals surface area contributed by atoms with Gasteiger partial charge in [-0.2, -0.15) is 5.26 Å². The van der Waals surface area contributed by atoms with E-state index in [1.54, 1.807) is 11.3 Å². The van der Waals surface area contributed by atoms with Crippen LogP contribution >= 0.6 is 11.3 Å². The van der Waals surface area contributed by atoms with Gasteiger partial charge in [0.05, 0.1) is 5.01 Å². The van der Waals surface area contributed by atoms with Crippen molar-refractivity contribution < 1.29 is 4.79 Å². The van der Waals surface area contributed by atoms with Gasteiger partial charge in [-0.15, -0.1) is 11.3 Å². The van der Waals surface area contributed by atoms with Crippen LogP contribution in [0.5, 0.6) is 0 Å². The zero-order valence-electron chi connectivity index (χ0n) is 15.5. The van der Waals surface area contributed by atoms with Crippen LogP contribution in [0.3, 0.4) is 0 Å². The summed E-state index contributed by atoms with van der Waals surface area (Å²) in [5.41, 5.74) is 0.649. The highest BCUT2D eigenvalue weighted by molar-refractivity contribution is 7.09. The van der Waals surface area contributed by atoms with Gasteiger partial charge in [-0.3, -0.25) is 4.79 Å². The number of nitrogens with zero attached hydrogens (tertiary/aromatic N) is 3. The van der Waals surface area contributed by atoms with Crippen LogP contribution in [0.25, 0.3) is 0 Å². The average molecular weight is 373 g/mol. The van der Waals surface area contributed by atoms with E-state index < -0.39 is 0 Å². The third-order valence-corrected chi connectivity index (χ3v) is 7.65. The predicted octanol–water partition coefficient (Wildman–Crippen LogP) is 4.03. The normalized spacial score (nSPS) is 28.4. The summed E-state index contributed by atoms with van der Waals surface area (Å²) in [4.78, 5) is 19.3. The fourth-order valence-electron chi connectivity index (χ4n) is 4.84. The number of carbonyl (C=O) groups is 1. The highest BCUT2D eigenvalue weighted by Crippen LogP contribution is 2.48. The molecule has 0 bridgehead atoms. The third-order valence-electron chi connectivity index (χ3n) is 6.65. The first kappa shape index (κ1) is 17.8. The third kappa shape index (κ3) is 3.46. The Morgan fingerprint density at radius 3 is 2.77 bits per heavy atom. The lowest BCUT2D eigenvalue weighted by atomic mass is 9.82. The molecule has 140 valence electrons. The van der Waals surface area contributed by atoms with Gasteiger partial charge in [-0.25, -0.2) is 4.98 Å². The Hall–Kier alpha value is -1.61. The molecule has 2 heterocycles. The molecule has 1 saturated heterocycles. The van der Waals surface area contributed by atoms with Crippen molar-refractivity contribution in [2.75, 3.05) is 6.54 Å². The largest absolute Gasteiger partial charge is 0.345 e. The average Bonchev–Trinajstić information content (AvgIpc) is 3.27. The number of nitrogens with one attached hydrogen (secondary N) is 1. The van der Waals surface area contributed by atoms with Gasteiger partial charge >= 0.3 is 0 Å². The number of carbonyl (C=O) groups excluding carboxylic acids is 1. The molecule has 0 aromatic carbocycles. The molecule has 2 unspecified atom stereocenters. The topological polar surface area (TPSA) is 69.0 Å². The van der Waals surface area contributed by atoms with E-state index in [0.717, 1.165) is 37.2 Å². The van der Waals surface area contributed by atoms with Gasteiger partial charge in [0.1, 0.15) is 5.69 Å². The molecule has 26 heavy (non-hydrogen) atoms. The van der Waals surface area contributed by atoms with Crippen LogP contribution in [-0.4, -0.2) is 33.9 Å². The zero-order chi connectivity index (χ0) is 18.1. The van der Waals surface area contributed by atoms with E-state index >= 15 is 0 Å². The van der Waals surface area contributed by atoms with Crippen molar-refractivity contribution in [1.29, 1.82) is 5.26 Å². The molecule has 2 atom stereocenters. The summed E-state index contributed by atoms with van der Waals surface area (Å²) in [5.74, 6) is 1.04. The van der Waals surface area contributed by atoms with Gasteiger partial charge in [0.2, 0.25) is 0 Å². The quantitative estimate of drug-likeness (QED) is 0.810. The summed E-state index contributed by atoms with van der Waals surface area (Å²) >= 11 is 1.60. The number of thiazole rings is 1. The first-order valence-corrected chi connectivity index (χ1v) is 10.9. The number of aromatic nitrogens is 1. The predicted molar refractivity (Wildman–Crippen MR) is 102 cm³/mol. The van der Waals surface area contributed by atoms with E-state index in [1.165, 1.54) is 32.1 Å². The molecule has 5 nitrogen and oxygen atoms in total. The molecule has 1 aromatic rings. The second-order valence-electron chi connectivity index (χ2n) is 8.38. The Morgan fingerprint density at radius 2 is 2.12 bits per heavy atom. The lowest BCUT2D eigenvalue weighted by molar-refractivity contribution is 0.0897. The van der Waals surface area contributed by atoms with E-state index in [-0.39, 0.29) is 17.5 Å². The summed E-state index contributed by atoms with van der Waals surface area (Å²) < 4.78 is 0. The number of hydrogen-bond donors (Lipinski definition) is 1. The van der Waals surface area contributed by atoms with E-state index in [9.17, 15) is 4.79 Å². The number of rotatable bonds is 4. The van der Waals surface area contributed by atoms with Gasteiger partial charge in [0.25, 0.3) is 5.91 Å². The van der Waals surface area contributed by atoms with E-state index in [2.05, 4.69) is 23.4 Å². The second kappa shape index (κ2) is 7.19. The molecule has 1 aliphatic heterocycles. The Balaban J connectivity index is 1.39. The molecule has 3 fully saturated rings. The monoisotopic (exact) mass is 372 g/mol. The van der Waals surface area contributed by atoms with Crippen LogP contribution in [0.1, 0.15) is 86.1 Å². The molecule has 2 aliphatic carbocycles. The SMILES string of the molecule is CC1CC(c2nc(C(=O)NC3(C4CCCCC4)CC3)cs2)CCN1C#N. The van der Waals surface area contributed by atoms with Crippen LogP contribution in [0, 0.1) is 17.4 Å². The molecule has 3 aliphatic rings. The molecular weight excluding hydrogens is 344 g/mol. The Kier molecular flexibility index (Phi) is 4.92. The zero-order valence-corrected chi connectivity index (χ0v) is 16.4. The van der Waals surface area contributed by atoms with E-state index in [0.29, 0.717) is 17.5 Å². The van der Waals surface area contributed by atoms with Crippen molar-refractivity contribution >= 4 is 17.2 Å². The summed E-state index contributed by atoms with van der Waals surface area (Å²) in [6, 6.07) is 0.251. The molecule has 0 radical (unpaired) electrons. The minimum Gasteiger partial charge on any atom is -0.345 e. The summed E-state index contributed by atoms with van der Waals surface area (Å²) in [5, 5.41) is 15.5. The van der Waals surface area contributed by atoms with Crippen molar-refractivity contribution in [3.8, 4) is 6.19 Å². The van der Waals surface area contributed by atoms with Gasteiger partial charge in [-0.1, -0.05) is 19.3 Å². The number of amides is 1. The van der Waals surface area contributed by atoms with Crippen molar-refractivity contribution in [2.45, 2.75) is 82.2 Å². The molecular formula is C20H28N4OS. The molecule has 1 aromatic heterocycles. The lowest BCUT2D eigenvalue weighted by Crippen LogP contribution is -2.43. The maximum Gasteiger partial charge on any atom is 0.271 e. The minimum absolute atomic E-state index is 0.0121. The first-order valence-electron chi connectivity index (χ1n) is 10.1. The van der Waals surface area contributed by atoms with Crippen LogP contribution < -0.4 is 5.32 Å². The summed E-state index contributed by atoms with van der Waals surface area (Å²) in [6.45, 7) is 2.88. The van der Waals surface area contributed by atoms with Crippen LogP contribution in [0.4, 0.5) is 0 Å². The van der Waals surface area contributed by atoms with Gasteiger partial charge in [-0.05, 0) is 51.4 Å². The Bertz CT molecular complexity index is 699. The van der Waals surface area contributed by atoms with Crippen molar-refractivity contribution in [2.24, 2.45) is 5.92 Å². The fourth-order valence-corrected chi connectivity index (χ4v) is 5.79. The van der Waals surface area contributed by atoms with Crippen LogP contribution in [0.15, 0.2) is 5.38 Å². The van der Waals surface area contributed by atoms with E-state index in [4.69, 9.17) is 5.26 Å². The number of hydrogen-bond acceptors (Lipinski definition) is 5. The van der Waals surface area contributed by atoms with Gasteiger partial charge in [0.15, 0.2) is 6.19 Å². The smallest absolute Gasteiger partial charge is 0.271 e. The van der Waals surface area contributed by atoms with Gasteiger partial charge in [0, 0.05) is 29.4 Å². The van der Waals surface area contributed by atoms with Crippen molar-refractivity contribution in [1.82, 2.24) is 15.2 Å². The highest BCUT2D eigenvalue weighted by atomic mass is 32.1. The molecule has 1 amide bonds. The molecule has 0 spiro atoms. The van der Waals surface area contributed by atoms with Crippen molar-refractivity contribution in [3.63, 3.8) is 0 Å². The van der Waals surface area contributed by atoms with Crippen LogP contribution in [-0.2, 0) is 0 Å². The second-order valence-corrected chi connectivity index (χ2v) is 9.27. The molecule has 2 saturated carbocycles. The first-order chi connectivity index (χ1) is 12.6. The Morgan fingerprint density at radius 1 is 1.35 bits per heavy atom. The van der Waals surface area contributed by atoms with Crippen LogP contribution in [0.2, 0.25) is 0 Å². The van der Waals surface area contributed by atoms with E-state index in [1.807, 2.05) is 10.3 Å². The minimum atomic E-state index is 0.0121.